The molecule has 0 unspecified atom stereocenters. The average molecular weight is 513 g/mol. The molecule has 168 valence electrons. The lowest BCUT2D eigenvalue weighted by atomic mass is 10.2. The van der Waals surface area contributed by atoms with Gasteiger partial charge < -0.3 is 9.47 Å². The van der Waals surface area contributed by atoms with Gasteiger partial charge in [0.25, 0.3) is 0 Å². The lowest BCUT2D eigenvalue weighted by Gasteiger charge is -2.13. The second-order valence-electron chi connectivity index (χ2n) is 6.25. The van der Waals surface area contributed by atoms with Crippen LogP contribution in [0.5, 0.6) is 11.5 Å². The third-order valence-corrected chi connectivity index (χ3v) is 9.38. The van der Waals surface area contributed by atoms with Gasteiger partial charge in [-0.05, 0) is 60.5 Å². The minimum Gasteiger partial charge on any atom is -0.490 e. The van der Waals surface area contributed by atoms with Gasteiger partial charge in [0.1, 0.15) is 0 Å². The Hall–Kier alpha value is 0.920. The molecule has 0 saturated heterocycles. The van der Waals surface area contributed by atoms with Crippen molar-refractivity contribution in [1.29, 1.82) is 0 Å². The van der Waals surface area contributed by atoms with Crippen LogP contribution >= 0.6 is 72.3 Å². The van der Waals surface area contributed by atoms with Crippen LogP contribution in [0, 0.1) is 6.92 Å². The van der Waals surface area contributed by atoms with Crippen molar-refractivity contribution < 1.29 is 9.47 Å². The summed E-state index contributed by atoms with van der Waals surface area (Å²) < 4.78 is 12.0. The van der Waals surface area contributed by atoms with Crippen LogP contribution in [0.25, 0.3) is 0 Å². The highest BCUT2D eigenvalue weighted by Gasteiger charge is 2.06. The van der Waals surface area contributed by atoms with Gasteiger partial charge in [-0.1, -0.05) is 6.07 Å². The number of hydrogen-bond donors (Lipinski definition) is 2. The molecule has 2 nitrogen and oxygen atoms in total. The van der Waals surface area contributed by atoms with Gasteiger partial charge >= 0.3 is 0 Å². The molecule has 0 aromatic heterocycles. The van der Waals surface area contributed by atoms with Gasteiger partial charge in [0.15, 0.2) is 11.5 Å². The van der Waals surface area contributed by atoms with Crippen LogP contribution in [0.4, 0.5) is 0 Å². The Morgan fingerprint density at radius 2 is 1.14 bits per heavy atom. The molecule has 0 aliphatic carbocycles. The first kappa shape index (κ1) is 28.0. The van der Waals surface area contributed by atoms with E-state index in [1.54, 1.807) is 0 Å². The minimum atomic E-state index is 0.746. The molecule has 0 aliphatic rings. The zero-order valence-electron chi connectivity index (χ0n) is 17.5. The number of hydrogen-bond acceptors (Lipinski definition) is 8. The molecule has 1 rings (SSSR count). The molecule has 0 heterocycles. The monoisotopic (exact) mass is 512 g/mol. The van der Waals surface area contributed by atoms with E-state index in [4.69, 9.17) is 9.47 Å². The average Bonchev–Trinajstić information content (AvgIpc) is 2.72. The summed E-state index contributed by atoms with van der Waals surface area (Å²) in [6.07, 6.45) is 2.13. The van der Waals surface area contributed by atoms with Gasteiger partial charge in [-0.25, -0.2) is 0 Å². The van der Waals surface area contributed by atoms with E-state index in [-0.39, 0.29) is 0 Å². The maximum Gasteiger partial charge on any atom is 0.161 e. The Bertz CT molecular complexity index is 504. The van der Waals surface area contributed by atoms with Gasteiger partial charge in [0.2, 0.25) is 0 Å². The standard InChI is InChI=1S/C21H36O2S6/c1-19-4-5-20(22-6-2-10-26-14-16-28-12-8-24)21(18-19)23-7-3-11-27-15-17-29-13-9-25/h4-5,18,24-25H,2-3,6-17H2,1H3. The maximum absolute atomic E-state index is 6.03. The Morgan fingerprint density at radius 1 is 0.655 bits per heavy atom. The van der Waals surface area contributed by atoms with Gasteiger partial charge in [-0.15, -0.1) is 0 Å². The fourth-order valence-electron chi connectivity index (χ4n) is 2.31. The Morgan fingerprint density at radius 3 is 1.66 bits per heavy atom. The number of ether oxygens (including phenoxy) is 2. The van der Waals surface area contributed by atoms with Gasteiger partial charge in [0, 0.05) is 34.5 Å². The zero-order chi connectivity index (χ0) is 21.0. The Labute approximate surface area is 206 Å². The van der Waals surface area contributed by atoms with E-state index in [0.29, 0.717) is 0 Å². The van der Waals surface area contributed by atoms with E-state index >= 15 is 0 Å². The van der Waals surface area contributed by atoms with Crippen LogP contribution in [0.2, 0.25) is 0 Å². The van der Waals surface area contributed by atoms with Crippen LogP contribution in [0.1, 0.15) is 18.4 Å². The first-order valence-electron chi connectivity index (χ1n) is 10.2. The lowest BCUT2D eigenvalue weighted by Crippen LogP contribution is -2.04. The lowest BCUT2D eigenvalue weighted by molar-refractivity contribution is 0.269. The second-order valence-corrected chi connectivity index (χ2v) is 12.0. The van der Waals surface area contributed by atoms with Crippen molar-refractivity contribution in [3.05, 3.63) is 23.8 Å². The molecule has 0 amide bonds. The molecule has 1 aromatic carbocycles. The first-order chi connectivity index (χ1) is 14.3. The fourth-order valence-corrected chi connectivity index (χ4v) is 6.69. The highest BCUT2D eigenvalue weighted by Crippen LogP contribution is 2.28. The molecule has 1 aromatic rings. The molecule has 0 saturated carbocycles. The topological polar surface area (TPSA) is 18.5 Å². The number of thioether (sulfide) groups is 4. The van der Waals surface area contributed by atoms with E-state index in [9.17, 15) is 0 Å². The van der Waals surface area contributed by atoms with Crippen molar-refractivity contribution in [2.75, 3.05) is 70.7 Å². The molecule has 0 spiro atoms. The predicted molar refractivity (Wildman–Crippen MR) is 148 cm³/mol. The first-order valence-corrected chi connectivity index (χ1v) is 16.0. The Kier molecular flexibility index (Phi) is 20.1. The molecular weight excluding hydrogens is 477 g/mol. The number of benzene rings is 1. The summed E-state index contributed by atoms with van der Waals surface area (Å²) in [6.45, 7) is 3.59. The molecule has 0 aliphatic heterocycles. The SMILES string of the molecule is Cc1ccc(OCCCSCCSCCS)c(OCCCSCCSCCS)c1. The Balaban J connectivity index is 2.14. The van der Waals surface area contributed by atoms with Crippen molar-refractivity contribution in [2.45, 2.75) is 19.8 Å². The second kappa shape index (κ2) is 20.8. The van der Waals surface area contributed by atoms with Crippen LogP contribution in [0.15, 0.2) is 18.2 Å². The largest absolute Gasteiger partial charge is 0.490 e. The molecule has 29 heavy (non-hydrogen) atoms. The van der Waals surface area contributed by atoms with E-state index in [1.165, 1.54) is 28.6 Å². The van der Waals surface area contributed by atoms with Gasteiger partial charge in [0.05, 0.1) is 13.2 Å². The molecular formula is C21H36O2S6. The summed E-state index contributed by atoms with van der Waals surface area (Å²) in [7, 11) is 0. The van der Waals surface area contributed by atoms with Crippen molar-refractivity contribution in [2.24, 2.45) is 0 Å². The summed E-state index contributed by atoms with van der Waals surface area (Å²) in [6, 6.07) is 6.22. The molecule has 0 N–H and O–H groups in total. The molecule has 8 heteroatoms. The minimum absolute atomic E-state index is 0.746. The summed E-state index contributed by atoms with van der Waals surface area (Å²) in [5.74, 6) is 13.2. The normalized spacial score (nSPS) is 11.0. The summed E-state index contributed by atoms with van der Waals surface area (Å²) in [5, 5.41) is 0. The molecule has 0 fully saturated rings. The summed E-state index contributed by atoms with van der Waals surface area (Å²) in [4.78, 5) is 0. The number of aryl methyl sites for hydroxylation is 1. The van der Waals surface area contributed by atoms with Crippen molar-refractivity contribution in [1.82, 2.24) is 0 Å². The highest BCUT2D eigenvalue weighted by molar-refractivity contribution is 8.03. The summed E-state index contributed by atoms with van der Waals surface area (Å²) in [5.41, 5.74) is 1.21. The van der Waals surface area contributed by atoms with E-state index in [0.717, 1.165) is 72.1 Å². The van der Waals surface area contributed by atoms with Crippen LogP contribution in [-0.2, 0) is 0 Å². The quantitative estimate of drug-likeness (QED) is 0.156. The zero-order valence-corrected chi connectivity index (χ0v) is 22.5. The number of rotatable bonds is 20. The molecule has 0 radical (unpaired) electrons. The van der Waals surface area contributed by atoms with Crippen LogP contribution in [-0.4, -0.2) is 70.7 Å². The fraction of sp³-hybridized carbons (Fsp3) is 0.714. The third kappa shape index (κ3) is 16.2. The molecule has 0 bridgehead atoms. The van der Waals surface area contributed by atoms with Crippen molar-refractivity contribution in [3.8, 4) is 11.5 Å². The van der Waals surface area contributed by atoms with Crippen molar-refractivity contribution >= 4 is 72.3 Å². The highest BCUT2D eigenvalue weighted by atomic mass is 32.2. The van der Waals surface area contributed by atoms with Gasteiger partial charge in [-0.3, -0.25) is 0 Å². The maximum atomic E-state index is 6.03. The predicted octanol–water partition coefficient (Wildman–Crippen LogP) is 6.33. The van der Waals surface area contributed by atoms with Gasteiger partial charge in [-0.2, -0.15) is 72.3 Å². The van der Waals surface area contributed by atoms with Crippen LogP contribution < -0.4 is 9.47 Å². The van der Waals surface area contributed by atoms with E-state index < -0.39 is 0 Å². The number of thiol groups is 2. The third-order valence-electron chi connectivity index (χ3n) is 3.70. The molecule has 0 atom stereocenters. The van der Waals surface area contributed by atoms with E-state index in [1.807, 2.05) is 53.1 Å². The smallest absolute Gasteiger partial charge is 0.161 e. The summed E-state index contributed by atoms with van der Waals surface area (Å²) >= 11 is 16.5. The van der Waals surface area contributed by atoms with E-state index in [2.05, 4.69) is 44.3 Å². The van der Waals surface area contributed by atoms with Crippen molar-refractivity contribution in [3.63, 3.8) is 0 Å². The van der Waals surface area contributed by atoms with Crippen LogP contribution in [0.3, 0.4) is 0 Å².